The van der Waals surface area contributed by atoms with Crippen LogP contribution in [0.1, 0.15) is 5.56 Å². The van der Waals surface area contributed by atoms with Crippen LogP contribution >= 0.6 is 11.5 Å². The number of pyridine rings is 1. The van der Waals surface area contributed by atoms with E-state index in [1.165, 1.54) is 17.6 Å². The van der Waals surface area contributed by atoms with Crippen LogP contribution in [0.25, 0.3) is 33.0 Å². The van der Waals surface area contributed by atoms with E-state index in [0.29, 0.717) is 27.4 Å². The largest absolute Gasteiger partial charge is 0.416 e. The molecule has 0 atom stereocenters. The molecule has 2 heterocycles. The fourth-order valence-electron chi connectivity index (χ4n) is 2.45. The van der Waals surface area contributed by atoms with Crippen LogP contribution in [0.15, 0.2) is 60.7 Å². The van der Waals surface area contributed by atoms with E-state index in [1.54, 1.807) is 12.1 Å². The molecule has 0 unspecified atom stereocenters. The van der Waals surface area contributed by atoms with Crippen molar-refractivity contribution in [3.8, 4) is 22.1 Å². The highest BCUT2D eigenvalue weighted by Crippen LogP contribution is 2.32. The van der Waals surface area contributed by atoms with Gasteiger partial charge in [-0.1, -0.05) is 36.4 Å². The molecule has 0 bridgehead atoms. The summed E-state index contributed by atoms with van der Waals surface area (Å²) in [5.74, 6) is 0.606. The minimum Gasteiger partial charge on any atom is -0.245 e. The Morgan fingerprint density at radius 2 is 1.64 bits per heavy atom. The van der Waals surface area contributed by atoms with Crippen molar-refractivity contribution >= 4 is 22.4 Å². The van der Waals surface area contributed by atoms with Gasteiger partial charge in [0.15, 0.2) is 10.8 Å². The molecule has 4 aromatic rings. The van der Waals surface area contributed by atoms with Gasteiger partial charge in [-0.3, -0.25) is 0 Å². The second-order valence-electron chi connectivity index (χ2n) is 5.39. The molecule has 0 aliphatic heterocycles. The summed E-state index contributed by atoms with van der Waals surface area (Å²) >= 11 is 1.21. The summed E-state index contributed by atoms with van der Waals surface area (Å²) in [6.45, 7) is 0. The van der Waals surface area contributed by atoms with E-state index in [1.807, 2.05) is 30.3 Å². The number of aromatic nitrogens is 3. The third kappa shape index (κ3) is 3.10. The summed E-state index contributed by atoms with van der Waals surface area (Å²) in [6.07, 6.45) is -4.36. The summed E-state index contributed by atoms with van der Waals surface area (Å²) in [7, 11) is 0. The molecule has 0 spiro atoms. The van der Waals surface area contributed by atoms with E-state index in [-0.39, 0.29) is 0 Å². The molecule has 0 saturated heterocycles. The van der Waals surface area contributed by atoms with Crippen molar-refractivity contribution in [3.63, 3.8) is 0 Å². The Morgan fingerprint density at radius 1 is 0.840 bits per heavy atom. The molecule has 3 nitrogen and oxygen atoms in total. The van der Waals surface area contributed by atoms with Gasteiger partial charge in [0.2, 0.25) is 0 Å². The summed E-state index contributed by atoms with van der Waals surface area (Å²) < 4.78 is 42.7. The van der Waals surface area contributed by atoms with Crippen molar-refractivity contribution < 1.29 is 13.2 Å². The second kappa shape index (κ2) is 5.93. The van der Waals surface area contributed by atoms with E-state index in [4.69, 9.17) is 0 Å². The Hall–Kier alpha value is -2.80. The zero-order chi connectivity index (χ0) is 17.4. The molecule has 0 saturated carbocycles. The van der Waals surface area contributed by atoms with Crippen molar-refractivity contribution in [1.82, 2.24) is 14.3 Å². The molecule has 0 fully saturated rings. The summed E-state index contributed by atoms with van der Waals surface area (Å²) in [6, 6.07) is 16.4. The van der Waals surface area contributed by atoms with Crippen LogP contribution in [0.5, 0.6) is 0 Å². The lowest BCUT2D eigenvalue weighted by atomic mass is 10.1. The molecule has 7 heteroatoms. The Balaban J connectivity index is 1.72. The van der Waals surface area contributed by atoms with E-state index >= 15 is 0 Å². The molecule has 0 N–H and O–H groups in total. The average Bonchev–Trinajstić information content (AvgIpc) is 3.11. The molecular weight excluding hydrogens is 347 g/mol. The number of fused-ring (bicyclic) bond motifs is 1. The average molecular weight is 357 g/mol. The highest BCUT2D eigenvalue weighted by molar-refractivity contribution is 7.09. The lowest BCUT2D eigenvalue weighted by molar-refractivity contribution is -0.137. The van der Waals surface area contributed by atoms with E-state index in [2.05, 4.69) is 14.3 Å². The van der Waals surface area contributed by atoms with Crippen LogP contribution in [-0.2, 0) is 6.18 Å². The first kappa shape index (κ1) is 15.7. The minimum atomic E-state index is -4.36. The topological polar surface area (TPSA) is 38.7 Å². The van der Waals surface area contributed by atoms with E-state index in [0.717, 1.165) is 17.7 Å². The molecule has 25 heavy (non-hydrogen) atoms. The van der Waals surface area contributed by atoms with Gasteiger partial charge in [-0.25, -0.2) is 9.97 Å². The predicted octanol–water partition coefficient (Wildman–Crippen LogP) is 5.44. The maximum atomic E-state index is 12.8. The van der Waals surface area contributed by atoms with Crippen molar-refractivity contribution in [1.29, 1.82) is 0 Å². The SMILES string of the molecule is FC(F)(F)c1ccc2nc(-c3nc(-c4ccccc4)ns3)ccc2c1. The van der Waals surface area contributed by atoms with Crippen molar-refractivity contribution in [2.75, 3.05) is 0 Å². The standard InChI is InChI=1S/C18H10F3N3S/c19-18(20,21)13-7-9-14-12(10-13)6-8-15(22-14)17-23-16(24-25-17)11-4-2-1-3-5-11/h1-10H. The summed E-state index contributed by atoms with van der Waals surface area (Å²) in [5, 5.41) is 1.06. The zero-order valence-corrected chi connectivity index (χ0v) is 13.5. The van der Waals surface area contributed by atoms with Crippen molar-refractivity contribution in [2.24, 2.45) is 0 Å². The van der Waals surface area contributed by atoms with Crippen LogP contribution in [0.2, 0.25) is 0 Å². The maximum absolute atomic E-state index is 12.8. The van der Waals surface area contributed by atoms with Gasteiger partial charge in [0.1, 0.15) is 5.69 Å². The van der Waals surface area contributed by atoms with Crippen LogP contribution in [0, 0.1) is 0 Å². The fraction of sp³-hybridized carbons (Fsp3) is 0.0556. The number of hydrogen-bond donors (Lipinski definition) is 0. The van der Waals surface area contributed by atoms with E-state index in [9.17, 15) is 13.2 Å². The molecule has 124 valence electrons. The van der Waals surface area contributed by atoms with Crippen LogP contribution in [0.3, 0.4) is 0 Å². The number of halogens is 3. The number of nitrogens with zero attached hydrogens (tertiary/aromatic N) is 3. The Kier molecular flexibility index (Phi) is 3.73. The minimum absolute atomic E-state index is 0.436. The lowest BCUT2D eigenvalue weighted by Gasteiger charge is -2.07. The first-order valence-electron chi connectivity index (χ1n) is 7.38. The second-order valence-corrected chi connectivity index (χ2v) is 6.14. The number of rotatable bonds is 2. The molecule has 0 aliphatic carbocycles. The number of alkyl halides is 3. The monoisotopic (exact) mass is 357 g/mol. The van der Waals surface area contributed by atoms with Gasteiger partial charge in [0.25, 0.3) is 0 Å². The third-order valence-corrected chi connectivity index (χ3v) is 4.43. The lowest BCUT2D eigenvalue weighted by Crippen LogP contribution is -2.04. The summed E-state index contributed by atoms with van der Waals surface area (Å²) in [5.41, 5.74) is 1.30. The highest BCUT2D eigenvalue weighted by atomic mass is 32.1. The quantitative estimate of drug-likeness (QED) is 0.479. The van der Waals surface area contributed by atoms with Crippen molar-refractivity contribution in [3.05, 3.63) is 66.2 Å². The van der Waals surface area contributed by atoms with Gasteiger partial charge < -0.3 is 0 Å². The molecule has 4 rings (SSSR count). The van der Waals surface area contributed by atoms with Gasteiger partial charge in [0.05, 0.1) is 11.1 Å². The number of benzene rings is 2. The van der Waals surface area contributed by atoms with Gasteiger partial charge in [-0.2, -0.15) is 17.5 Å². The Bertz CT molecular complexity index is 1040. The van der Waals surface area contributed by atoms with Crippen LogP contribution < -0.4 is 0 Å². The molecule has 2 aromatic heterocycles. The first-order valence-corrected chi connectivity index (χ1v) is 8.15. The highest BCUT2D eigenvalue weighted by Gasteiger charge is 2.30. The third-order valence-electron chi connectivity index (χ3n) is 3.69. The summed E-state index contributed by atoms with van der Waals surface area (Å²) in [4.78, 5) is 8.90. The predicted molar refractivity (Wildman–Crippen MR) is 91.1 cm³/mol. The maximum Gasteiger partial charge on any atom is 0.416 e. The van der Waals surface area contributed by atoms with Crippen molar-refractivity contribution in [2.45, 2.75) is 6.18 Å². The first-order chi connectivity index (χ1) is 12.0. The van der Waals surface area contributed by atoms with Gasteiger partial charge in [-0.15, -0.1) is 0 Å². The zero-order valence-electron chi connectivity index (χ0n) is 12.7. The normalized spacial score (nSPS) is 11.8. The Labute approximate surface area is 145 Å². The van der Waals surface area contributed by atoms with E-state index < -0.39 is 11.7 Å². The Morgan fingerprint density at radius 3 is 2.40 bits per heavy atom. The molecule has 2 aromatic carbocycles. The van der Waals surface area contributed by atoms with Gasteiger partial charge in [-0.05, 0) is 35.8 Å². The number of hydrogen-bond acceptors (Lipinski definition) is 4. The smallest absolute Gasteiger partial charge is 0.245 e. The van der Waals surface area contributed by atoms with Crippen LogP contribution in [-0.4, -0.2) is 14.3 Å². The molecule has 0 aliphatic rings. The van der Waals surface area contributed by atoms with Gasteiger partial charge >= 0.3 is 6.18 Å². The molecule has 0 radical (unpaired) electrons. The van der Waals surface area contributed by atoms with Crippen LogP contribution in [0.4, 0.5) is 13.2 Å². The van der Waals surface area contributed by atoms with Gasteiger partial charge in [0, 0.05) is 10.9 Å². The molecular formula is C18H10F3N3S. The molecule has 0 amide bonds. The fourth-order valence-corrected chi connectivity index (χ4v) is 3.11.